The van der Waals surface area contributed by atoms with E-state index in [0.29, 0.717) is 4.88 Å². The zero-order chi connectivity index (χ0) is 11.7. The predicted molar refractivity (Wildman–Crippen MR) is 70.1 cm³/mol. The first-order valence-corrected chi connectivity index (χ1v) is 6.41. The molecule has 0 unspecified atom stereocenters. The van der Waals surface area contributed by atoms with Crippen molar-refractivity contribution in [2.45, 2.75) is 13.8 Å². The van der Waals surface area contributed by atoms with E-state index in [0.717, 1.165) is 21.3 Å². The number of carbonyl (C=O) groups excluding carboxylic acids is 1. The molecule has 1 aromatic heterocycles. The molecule has 0 N–H and O–H groups in total. The fourth-order valence-electron chi connectivity index (χ4n) is 1.54. The van der Waals surface area contributed by atoms with Crippen molar-refractivity contribution >= 4 is 33.6 Å². The Balaban J connectivity index is 2.52. The van der Waals surface area contributed by atoms with E-state index in [-0.39, 0.29) is 0 Å². The van der Waals surface area contributed by atoms with Crippen LogP contribution in [0.3, 0.4) is 0 Å². The highest BCUT2D eigenvalue weighted by Gasteiger charge is 2.07. The first-order chi connectivity index (χ1) is 7.61. The minimum Gasteiger partial charge on any atom is -0.297 e. The quantitative estimate of drug-likeness (QED) is 0.784. The Labute approximate surface area is 106 Å². The highest BCUT2D eigenvalue weighted by atomic mass is 79.9. The largest absolute Gasteiger partial charge is 0.297 e. The Morgan fingerprint density at radius 3 is 2.44 bits per heavy atom. The topological polar surface area (TPSA) is 30.0 Å². The van der Waals surface area contributed by atoms with Crippen molar-refractivity contribution in [3.63, 3.8) is 0 Å². The molecule has 0 aliphatic heterocycles. The number of carbonyl (C=O) groups is 1. The average molecular weight is 296 g/mol. The van der Waals surface area contributed by atoms with Crippen LogP contribution in [0.5, 0.6) is 0 Å². The van der Waals surface area contributed by atoms with Crippen LogP contribution in [0.25, 0.3) is 10.6 Å². The molecule has 0 atom stereocenters. The molecule has 0 bridgehead atoms. The molecule has 0 spiro atoms. The highest BCUT2D eigenvalue weighted by molar-refractivity contribution is 9.10. The molecule has 0 fully saturated rings. The average Bonchev–Trinajstić information content (AvgIpc) is 2.73. The first kappa shape index (κ1) is 11.5. The molecule has 0 aliphatic rings. The Bertz CT molecular complexity index is 525. The lowest BCUT2D eigenvalue weighted by Crippen LogP contribution is -1.84. The van der Waals surface area contributed by atoms with Crippen LogP contribution in [-0.4, -0.2) is 11.3 Å². The van der Waals surface area contributed by atoms with Crippen molar-refractivity contribution in [3.05, 3.63) is 38.8 Å². The van der Waals surface area contributed by atoms with Crippen LogP contribution in [0.1, 0.15) is 20.8 Å². The molecule has 1 heterocycles. The summed E-state index contributed by atoms with van der Waals surface area (Å²) in [5.41, 5.74) is 3.42. The number of benzene rings is 1. The second kappa shape index (κ2) is 4.47. The summed E-state index contributed by atoms with van der Waals surface area (Å²) in [7, 11) is 0. The molecule has 2 rings (SSSR count). The van der Waals surface area contributed by atoms with Gasteiger partial charge >= 0.3 is 0 Å². The van der Waals surface area contributed by atoms with E-state index < -0.39 is 0 Å². The van der Waals surface area contributed by atoms with Gasteiger partial charge in [-0.2, -0.15) is 0 Å². The number of thiazole rings is 1. The van der Waals surface area contributed by atoms with Crippen LogP contribution >= 0.6 is 27.3 Å². The number of aryl methyl sites for hydroxylation is 2. The number of aromatic nitrogens is 1. The number of aldehydes is 1. The lowest BCUT2D eigenvalue weighted by molar-refractivity contribution is 0.112. The Morgan fingerprint density at radius 2 is 1.94 bits per heavy atom. The molecule has 82 valence electrons. The third kappa shape index (κ3) is 2.08. The second-order valence-electron chi connectivity index (χ2n) is 3.61. The molecular formula is C12H10BrNOS. The maximum Gasteiger partial charge on any atom is 0.161 e. The maximum atomic E-state index is 10.6. The SMILES string of the molecule is Cc1cc(-c2ncc(C=O)s2)cc(C)c1Br. The van der Waals surface area contributed by atoms with E-state index in [1.807, 2.05) is 0 Å². The van der Waals surface area contributed by atoms with Crippen LogP contribution in [0, 0.1) is 13.8 Å². The van der Waals surface area contributed by atoms with Gasteiger partial charge in [-0.25, -0.2) is 4.98 Å². The van der Waals surface area contributed by atoms with Crippen LogP contribution in [0.2, 0.25) is 0 Å². The smallest absolute Gasteiger partial charge is 0.161 e. The molecule has 2 nitrogen and oxygen atoms in total. The molecule has 0 amide bonds. The molecule has 0 radical (unpaired) electrons. The number of halogens is 1. The van der Waals surface area contributed by atoms with Crippen molar-refractivity contribution in [1.82, 2.24) is 4.98 Å². The van der Waals surface area contributed by atoms with Gasteiger partial charge in [0.25, 0.3) is 0 Å². The summed E-state index contributed by atoms with van der Waals surface area (Å²) in [4.78, 5) is 15.5. The van der Waals surface area contributed by atoms with Crippen molar-refractivity contribution in [3.8, 4) is 10.6 Å². The molecule has 0 saturated carbocycles. The van der Waals surface area contributed by atoms with Gasteiger partial charge in [-0.05, 0) is 37.1 Å². The maximum absolute atomic E-state index is 10.6. The summed E-state index contributed by atoms with van der Waals surface area (Å²) in [6, 6.07) is 4.15. The van der Waals surface area contributed by atoms with Crippen molar-refractivity contribution in [2.24, 2.45) is 0 Å². The highest BCUT2D eigenvalue weighted by Crippen LogP contribution is 2.30. The van der Waals surface area contributed by atoms with Crippen molar-refractivity contribution in [2.75, 3.05) is 0 Å². The van der Waals surface area contributed by atoms with E-state index in [1.165, 1.54) is 22.5 Å². The minimum absolute atomic E-state index is 0.660. The van der Waals surface area contributed by atoms with Gasteiger partial charge in [0.15, 0.2) is 6.29 Å². The van der Waals surface area contributed by atoms with Crippen LogP contribution in [0.4, 0.5) is 0 Å². The number of hydrogen-bond donors (Lipinski definition) is 0. The van der Waals surface area contributed by atoms with Gasteiger partial charge < -0.3 is 0 Å². The molecular weight excluding hydrogens is 286 g/mol. The summed E-state index contributed by atoms with van der Waals surface area (Å²) in [5, 5.41) is 0.890. The normalized spacial score (nSPS) is 10.4. The molecule has 0 saturated heterocycles. The monoisotopic (exact) mass is 295 g/mol. The van der Waals surface area contributed by atoms with Gasteiger partial charge in [0.1, 0.15) is 5.01 Å². The zero-order valence-electron chi connectivity index (χ0n) is 8.95. The lowest BCUT2D eigenvalue weighted by atomic mass is 10.1. The second-order valence-corrected chi connectivity index (χ2v) is 5.46. The molecule has 1 aromatic carbocycles. The first-order valence-electron chi connectivity index (χ1n) is 4.80. The van der Waals surface area contributed by atoms with E-state index >= 15 is 0 Å². The van der Waals surface area contributed by atoms with Crippen LogP contribution in [0.15, 0.2) is 22.8 Å². The molecule has 4 heteroatoms. The third-order valence-electron chi connectivity index (χ3n) is 2.32. The summed E-state index contributed by atoms with van der Waals surface area (Å²) >= 11 is 4.95. The fraction of sp³-hybridized carbons (Fsp3) is 0.167. The van der Waals surface area contributed by atoms with Gasteiger partial charge in [0, 0.05) is 16.2 Å². The Kier molecular flexibility index (Phi) is 3.21. The molecule has 0 aliphatic carbocycles. The van der Waals surface area contributed by atoms with Gasteiger partial charge in [0.2, 0.25) is 0 Å². The predicted octanol–water partition coefficient (Wildman–Crippen LogP) is 4.00. The number of nitrogens with zero attached hydrogens (tertiary/aromatic N) is 1. The van der Waals surface area contributed by atoms with E-state index in [2.05, 4.69) is 46.9 Å². The van der Waals surface area contributed by atoms with Crippen LogP contribution < -0.4 is 0 Å². The summed E-state index contributed by atoms with van der Waals surface area (Å²) < 4.78 is 1.13. The standard InChI is InChI=1S/C12H10BrNOS/c1-7-3-9(4-8(2)11(7)13)12-14-5-10(6-15)16-12/h3-6H,1-2H3. The van der Waals surface area contributed by atoms with E-state index in [9.17, 15) is 4.79 Å². The van der Waals surface area contributed by atoms with Crippen LogP contribution in [-0.2, 0) is 0 Å². The summed E-state index contributed by atoms with van der Waals surface area (Å²) in [5.74, 6) is 0. The third-order valence-corrected chi connectivity index (χ3v) is 4.55. The van der Waals surface area contributed by atoms with Gasteiger partial charge in [0.05, 0.1) is 4.88 Å². The van der Waals surface area contributed by atoms with E-state index in [1.54, 1.807) is 6.20 Å². The zero-order valence-corrected chi connectivity index (χ0v) is 11.4. The Morgan fingerprint density at radius 1 is 1.31 bits per heavy atom. The van der Waals surface area contributed by atoms with Crippen molar-refractivity contribution < 1.29 is 4.79 Å². The van der Waals surface area contributed by atoms with Gasteiger partial charge in [-0.15, -0.1) is 11.3 Å². The summed E-state index contributed by atoms with van der Waals surface area (Å²) in [6.07, 6.45) is 2.44. The lowest BCUT2D eigenvalue weighted by Gasteiger charge is -2.05. The fourth-order valence-corrected chi connectivity index (χ4v) is 2.49. The van der Waals surface area contributed by atoms with Gasteiger partial charge in [-0.3, -0.25) is 4.79 Å². The minimum atomic E-state index is 0.660. The summed E-state index contributed by atoms with van der Waals surface area (Å²) in [6.45, 7) is 4.10. The Hall–Kier alpha value is -1.000. The molecule has 16 heavy (non-hydrogen) atoms. The molecule has 2 aromatic rings. The van der Waals surface area contributed by atoms with E-state index in [4.69, 9.17) is 0 Å². The van der Waals surface area contributed by atoms with Crippen molar-refractivity contribution in [1.29, 1.82) is 0 Å². The number of hydrogen-bond acceptors (Lipinski definition) is 3. The van der Waals surface area contributed by atoms with Gasteiger partial charge in [-0.1, -0.05) is 15.9 Å². The number of rotatable bonds is 2.